The average Bonchev–Trinajstić information content (AvgIpc) is 2.43. The number of sulfonamides is 1. The van der Waals surface area contributed by atoms with E-state index in [0.717, 1.165) is 25.9 Å². The summed E-state index contributed by atoms with van der Waals surface area (Å²) >= 11 is 17.7. The fourth-order valence-electron chi connectivity index (χ4n) is 2.61. The number of piperidine rings is 1. The first-order chi connectivity index (χ1) is 10.3. The molecule has 4 nitrogen and oxygen atoms in total. The fourth-order valence-corrected chi connectivity index (χ4v) is 4.84. The van der Waals surface area contributed by atoms with Crippen molar-refractivity contribution in [1.82, 2.24) is 9.62 Å². The van der Waals surface area contributed by atoms with Gasteiger partial charge in [0.1, 0.15) is 4.90 Å². The minimum absolute atomic E-state index is 0. The van der Waals surface area contributed by atoms with E-state index in [1.165, 1.54) is 18.6 Å². The van der Waals surface area contributed by atoms with Gasteiger partial charge in [-0.1, -0.05) is 41.2 Å². The number of hydrogen-bond donors (Lipinski definition) is 1. The zero-order valence-corrected chi connectivity index (χ0v) is 16.6. The molecule has 1 aromatic rings. The van der Waals surface area contributed by atoms with Gasteiger partial charge >= 0.3 is 0 Å². The maximum absolute atomic E-state index is 12.5. The maximum Gasteiger partial charge on any atom is 0.242 e. The van der Waals surface area contributed by atoms with Crippen molar-refractivity contribution in [3.8, 4) is 0 Å². The Labute approximate surface area is 158 Å². The van der Waals surface area contributed by atoms with E-state index in [1.807, 2.05) is 6.92 Å². The minimum atomic E-state index is -3.73. The lowest BCUT2D eigenvalue weighted by Crippen LogP contribution is -2.43. The average molecular weight is 422 g/mol. The molecule has 9 heteroatoms. The highest BCUT2D eigenvalue weighted by molar-refractivity contribution is 7.89. The van der Waals surface area contributed by atoms with Crippen LogP contribution in [0.2, 0.25) is 15.1 Å². The van der Waals surface area contributed by atoms with Crippen LogP contribution in [0.5, 0.6) is 0 Å². The van der Waals surface area contributed by atoms with Crippen molar-refractivity contribution >= 4 is 57.2 Å². The third kappa shape index (κ3) is 5.92. The predicted molar refractivity (Wildman–Crippen MR) is 98.8 cm³/mol. The second-order valence-electron chi connectivity index (χ2n) is 5.58. The lowest BCUT2D eigenvalue weighted by molar-refractivity contribution is 0.215. The summed E-state index contributed by atoms with van der Waals surface area (Å²) in [7, 11) is -3.73. The summed E-state index contributed by atoms with van der Waals surface area (Å²) in [5.41, 5.74) is 0. The van der Waals surface area contributed by atoms with E-state index in [4.69, 9.17) is 34.8 Å². The summed E-state index contributed by atoms with van der Waals surface area (Å²) in [6.45, 7) is 4.55. The van der Waals surface area contributed by atoms with Crippen LogP contribution in [0.1, 0.15) is 26.2 Å². The molecule has 2 rings (SSSR count). The number of nitrogens with one attached hydrogen (secondary N) is 1. The molecule has 0 radical (unpaired) electrons. The molecule has 1 heterocycles. The molecular formula is C14H20Cl4N2O2S. The molecule has 1 atom stereocenters. The van der Waals surface area contributed by atoms with Crippen LogP contribution in [-0.4, -0.2) is 39.0 Å². The Morgan fingerprint density at radius 2 is 1.65 bits per heavy atom. The van der Waals surface area contributed by atoms with Crippen LogP contribution in [0.3, 0.4) is 0 Å². The van der Waals surface area contributed by atoms with Gasteiger partial charge in [-0.25, -0.2) is 13.1 Å². The molecule has 1 aliphatic heterocycles. The summed E-state index contributed by atoms with van der Waals surface area (Å²) in [5.74, 6) is 0. The zero-order chi connectivity index (χ0) is 16.3. The molecule has 0 aromatic heterocycles. The lowest BCUT2D eigenvalue weighted by Gasteiger charge is -2.29. The maximum atomic E-state index is 12.5. The highest BCUT2D eigenvalue weighted by Gasteiger charge is 2.23. The van der Waals surface area contributed by atoms with E-state index in [-0.39, 0.29) is 38.4 Å². The van der Waals surface area contributed by atoms with Crippen molar-refractivity contribution in [2.24, 2.45) is 0 Å². The van der Waals surface area contributed by atoms with E-state index < -0.39 is 10.0 Å². The van der Waals surface area contributed by atoms with Crippen LogP contribution < -0.4 is 4.72 Å². The number of rotatable bonds is 5. The normalized spacial score (nSPS) is 17.6. The zero-order valence-electron chi connectivity index (χ0n) is 12.7. The summed E-state index contributed by atoms with van der Waals surface area (Å²) < 4.78 is 27.6. The van der Waals surface area contributed by atoms with Gasteiger partial charge in [0, 0.05) is 12.6 Å². The smallest absolute Gasteiger partial charge is 0.242 e. The minimum Gasteiger partial charge on any atom is -0.302 e. The number of nitrogens with zero attached hydrogens (tertiary/aromatic N) is 1. The highest BCUT2D eigenvalue weighted by Crippen LogP contribution is 2.31. The Balaban J connectivity index is 0.00000264. The summed E-state index contributed by atoms with van der Waals surface area (Å²) in [6.07, 6.45) is 3.58. The molecule has 0 bridgehead atoms. The van der Waals surface area contributed by atoms with Crippen LogP contribution in [0.25, 0.3) is 0 Å². The van der Waals surface area contributed by atoms with Gasteiger partial charge in [0.15, 0.2) is 0 Å². The Morgan fingerprint density at radius 1 is 1.09 bits per heavy atom. The molecule has 1 unspecified atom stereocenters. The molecule has 23 heavy (non-hydrogen) atoms. The molecular weight excluding hydrogens is 402 g/mol. The lowest BCUT2D eigenvalue weighted by atomic mass is 10.1. The van der Waals surface area contributed by atoms with Crippen molar-refractivity contribution < 1.29 is 8.42 Å². The second-order valence-corrected chi connectivity index (χ2v) is 8.48. The van der Waals surface area contributed by atoms with Crippen LogP contribution in [0.4, 0.5) is 0 Å². The van der Waals surface area contributed by atoms with E-state index >= 15 is 0 Å². The first kappa shape index (κ1) is 21.3. The highest BCUT2D eigenvalue weighted by atomic mass is 35.5. The third-order valence-corrected chi connectivity index (χ3v) is 6.38. The summed E-state index contributed by atoms with van der Waals surface area (Å²) in [4.78, 5) is 2.22. The SMILES string of the molecule is CC(CN1CCCCC1)NS(=O)(=O)c1cc(Cl)c(Cl)cc1Cl.Cl. The van der Waals surface area contributed by atoms with Gasteiger partial charge in [-0.15, -0.1) is 12.4 Å². The van der Waals surface area contributed by atoms with E-state index in [1.54, 1.807) is 0 Å². The number of hydrogen-bond acceptors (Lipinski definition) is 3. The third-order valence-electron chi connectivity index (χ3n) is 3.60. The van der Waals surface area contributed by atoms with Crippen molar-refractivity contribution in [2.75, 3.05) is 19.6 Å². The van der Waals surface area contributed by atoms with Gasteiger partial charge in [0.25, 0.3) is 0 Å². The van der Waals surface area contributed by atoms with Gasteiger partial charge in [-0.05, 0) is 45.0 Å². The van der Waals surface area contributed by atoms with Gasteiger partial charge in [0.05, 0.1) is 15.1 Å². The van der Waals surface area contributed by atoms with Crippen molar-refractivity contribution in [3.05, 3.63) is 27.2 Å². The molecule has 1 saturated heterocycles. The van der Waals surface area contributed by atoms with Crippen LogP contribution in [0.15, 0.2) is 17.0 Å². The monoisotopic (exact) mass is 420 g/mol. The van der Waals surface area contributed by atoms with E-state index in [2.05, 4.69) is 9.62 Å². The van der Waals surface area contributed by atoms with Crippen LogP contribution in [0, 0.1) is 0 Å². The Kier molecular flexibility index (Phi) is 8.41. The Morgan fingerprint density at radius 3 is 2.26 bits per heavy atom. The molecule has 1 fully saturated rings. The first-order valence-electron chi connectivity index (χ1n) is 7.19. The van der Waals surface area contributed by atoms with Gasteiger partial charge in [-0.3, -0.25) is 0 Å². The van der Waals surface area contributed by atoms with Crippen molar-refractivity contribution in [1.29, 1.82) is 0 Å². The summed E-state index contributed by atoms with van der Waals surface area (Å²) in [5, 5.41) is 0.453. The second kappa shape index (κ2) is 9.09. The Hall–Kier alpha value is 0.250. The van der Waals surface area contributed by atoms with Crippen LogP contribution in [-0.2, 0) is 10.0 Å². The molecule has 0 amide bonds. The van der Waals surface area contributed by atoms with Crippen LogP contribution >= 0.6 is 47.2 Å². The first-order valence-corrected chi connectivity index (χ1v) is 9.80. The van der Waals surface area contributed by atoms with Gasteiger partial charge < -0.3 is 4.90 Å². The predicted octanol–water partition coefficient (Wildman–Crippen LogP) is 4.22. The molecule has 1 aliphatic rings. The van der Waals surface area contributed by atoms with Gasteiger partial charge in [-0.2, -0.15) is 0 Å². The van der Waals surface area contributed by atoms with Crippen molar-refractivity contribution in [2.45, 2.75) is 37.1 Å². The number of likely N-dealkylation sites (tertiary alicyclic amines) is 1. The standard InChI is InChI=1S/C14H19Cl3N2O2S.ClH/c1-10(9-19-5-3-2-4-6-19)18-22(20,21)14-8-12(16)11(15)7-13(14)17;/h7-8,10,18H,2-6,9H2,1H3;1H. The molecule has 1 N–H and O–H groups in total. The topological polar surface area (TPSA) is 49.4 Å². The van der Waals surface area contributed by atoms with E-state index in [9.17, 15) is 8.42 Å². The fraction of sp³-hybridized carbons (Fsp3) is 0.571. The number of halogens is 4. The quantitative estimate of drug-likeness (QED) is 0.724. The Bertz CT molecular complexity index is 634. The van der Waals surface area contributed by atoms with E-state index in [0.29, 0.717) is 6.54 Å². The molecule has 1 aromatic carbocycles. The summed E-state index contributed by atoms with van der Waals surface area (Å²) in [6, 6.07) is 2.41. The largest absolute Gasteiger partial charge is 0.302 e. The molecule has 0 spiro atoms. The van der Waals surface area contributed by atoms with Crippen molar-refractivity contribution in [3.63, 3.8) is 0 Å². The van der Waals surface area contributed by atoms with Gasteiger partial charge in [0.2, 0.25) is 10.0 Å². The molecule has 0 saturated carbocycles. The number of benzene rings is 1. The molecule has 0 aliphatic carbocycles. The molecule has 132 valence electrons.